The average molecular weight is 396 g/mol. The maximum Gasteiger partial charge on any atom is 0.200 e. The fourth-order valence-corrected chi connectivity index (χ4v) is 3.81. The van der Waals surface area contributed by atoms with Crippen LogP contribution in [0.1, 0.15) is 25.2 Å². The van der Waals surface area contributed by atoms with Crippen molar-refractivity contribution >= 4 is 22.7 Å². The van der Waals surface area contributed by atoms with Crippen LogP contribution in [0.4, 0.5) is 11.6 Å². The summed E-state index contributed by atoms with van der Waals surface area (Å²) in [5.41, 5.74) is 1.68. The Hall–Kier alpha value is -2.71. The Labute approximate surface area is 170 Å². The van der Waals surface area contributed by atoms with E-state index >= 15 is 0 Å². The zero-order chi connectivity index (χ0) is 20.4. The van der Waals surface area contributed by atoms with E-state index in [9.17, 15) is 5.11 Å². The van der Waals surface area contributed by atoms with E-state index in [2.05, 4.69) is 37.0 Å². The van der Waals surface area contributed by atoms with E-state index in [4.69, 9.17) is 4.42 Å². The van der Waals surface area contributed by atoms with Crippen LogP contribution < -0.4 is 10.2 Å². The molecule has 8 nitrogen and oxygen atoms in total. The summed E-state index contributed by atoms with van der Waals surface area (Å²) in [6, 6.07) is 9.96. The number of aliphatic hydroxyl groups is 1. The number of fused-ring (bicyclic) bond motifs is 1. The van der Waals surface area contributed by atoms with Crippen LogP contribution in [0.15, 0.2) is 41.1 Å². The molecule has 1 saturated heterocycles. The summed E-state index contributed by atoms with van der Waals surface area (Å²) in [6.07, 6.45) is 1.99. The maximum absolute atomic E-state index is 10.1. The van der Waals surface area contributed by atoms with Gasteiger partial charge in [-0.1, -0.05) is 19.1 Å². The number of para-hydroxylation sites is 2. The van der Waals surface area contributed by atoms with Gasteiger partial charge in [0.1, 0.15) is 23.5 Å². The highest BCUT2D eigenvalue weighted by Crippen LogP contribution is 2.26. The van der Waals surface area contributed by atoms with Gasteiger partial charge in [0.25, 0.3) is 0 Å². The molecule has 0 saturated carbocycles. The predicted octanol–water partition coefficient (Wildman–Crippen LogP) is 2.33. The third kappa shape index (κ3) is 4.49. The van der Waals surface area contributed by atoms with Crippen molar-refractivity contribution in [2.75, 3.05) is 43.9 Å². The van der Waals surface area contributed by atoms with Crippen LogP contribution in [0.3, 0.4) is 0 Å². The first-order chi connectivity index (χ1) is 14.0. The summed E-state index contributed by atoms with van der Waals surface area (Å²) in [5.74, 6) is 2.39. The average Bonchev–Trinajstić information content (AvgIpc) is 3.29. The van der Waals surface area contributed by atoms with Crippen molar-refractivity contribution in [3.63, 3.8) is 0 Å². The molecule has 3 heterocycles. The highest BCUT2D eigenvalue weighted by Gasteiger charge is 2.32. The smallest absolute Gasteiger partial charge is 0.200 e. The quantitative estimate of drug-likeness (QED) is 0.629. The zero-order valence-electron chi connectivity index (χ0n) is 17.1. The van der Waals surface area contributed by atoms with Gasteiger partial charge >= 0.3 is 0 Å². The molecule has 8 heteroatoms. The number of likely N-dealkylation sites (N-methyl/N-ethyl adjacent to an activating group) is 1. The van der Waals surface area contributed by atoms with Crippen molar-refractivity contribution in [2.45, 2.75) is 31.4 Å². The molecule has 1 aromatic carbocycles. The zero-order valence-corrected chi connectivity index (χ0v) is 17.1. The van der Waals surface area contributed by atoms with Crippen molar-refractivity contribution in [1.82, 2.24) is 19.9 Å². The number of benzene rings is 1. The van der Waals surface area contributed by atoms with E-state index in [0.717, 1.165) is 35.7 Å². The third-order valence-corrected chi connectivity index (χ3v) is 5.24. The normalized spacial score (nSPS) is 20.5. The second kappa shape index (κ2) is 8.34. The highest BCUT2D eigenvalue weighted by molar-refractivity contribution is 5.72. The molecule has 0 spiro atoms. The molecular weight excluding hydrogens is 368 g/mol. The van der Waals surface area contributed by atoms with Crippen molar-refractivity contribution < 1.29 is 9.52 Å². The molecule has 154 valence electrons. The second-order valence-electron chi connectivity index (χ2n) is 8.02. The minimum Gasteiger partial charge on any atom is -0.440 e. The van der Waals surface area contributed by atoms with Crippen LogP contribution in [-0.4, -0.2) is 70.8 Å². The molecule has 0 aliphatic carbocycles. The van der Waals surface area contributed by atoms with Crippen LogP contribution >= 0.6 is 0 Å². The van der Waals surface area contributed by atoms with Gasteiger partial charge in [0.2, 0.25) is 0 Å². The lowest BCUT2D eigenvalue weighted by molar-refractivity contribution is 0.191. The molecule has 29 heavy (non-hydrogen) atoms. The summed E-state index contributed by atoms with van der Waals surface area (Å²) < 4.78 is 5.86. The molecule has 0 bridgehead atoms. The van der Waals surface area contributed by atoms with Gasteiger partial charge < -0.3 is 24.6 Å². The van der Waals surface area contributed by atoms with Crippen LogP contribution in [0.2, 0.25) is 0 Å². The number of nitrogens with zero attached hydrogens (tertiary/aromatic N) is 5. The maximum atomic E-state index is 10.1. The largest absolute Gasteiger partial charge is 0.440 e. The van der Waals surface area contributed by atoms with Crippen molar-refractivity contribution in [1.29, 1.82) is 0 Å². The first kappa shape index (κ1) is 19.6. The van der Waals surface area contributed by atoms with E-state index < -0.39 is 0 Å². The molecular formula is C21H28N6O2. The minimum atomic E-state index is -0.328. The first-order valence-electron chi connectivity index (χ1n) is 10.0. The summed E-state index contributed by atoms with van der Waals surface area (Å²) in [6.45, 7) is 4.18. The molecule has 2 aromatic heterocycles. The molecule has 2 N–H and O–H groups in total. The number of β-amino-alcohol motifs (C(OH)–C–C–N with tert-alkyl or cyclic N) is 1. The monoisotopic (exact) mass is 396 g/mol. The Kier molecular flexibility index (Phi) is 5.64. The van der Waals surface area contributed by atoms with Gasteiger partial charge in [-0.25, -0.2) is 15.0 Å². The predicted molar refractivity (Wildman–Crippen MR) is 113 cm³/mol. The van der Waals surface area contributed by atoms with Gasteiger partial charge in [-0.15, -0.1) is 0 Å². The topological polar surface area (TPSA) is 90.6 Å². The van der Waals surface area contributed by atoms with Gasteiger partial charge in [0, 0.05) is 31.7 Å². The molecule has 1 aliphatic rings. The molecule has 0 amide bonds. The van der Waals surface area contributed by atoms with Gasteiger partial charge in [0.05, 0.1) is 12.0 Å². The minimum absolute atomic E-state index is 0.0934. The molecule has 0 radical (unpaired) electrons. The van der Waals surface area contributed by atoms with Crippen LogP contribution in [-0.2, 0) is 0 Å². The molecule has 3 atom stereocenters. The number of hydrogen-bond acceptors (Lipinski definition) is 8. The standard InChI is InChI=1S/C21H28N6O2/c1-14(21-25-17-6-4-5-7-18(17)29-21)10-22-19-9-20(24-13-23-19)27-12-16(28)8-15(27)11-26(2)3/h4-7,9,13-16,28H,8,10-12H2,1-3H3,(H,22,23,24)/t14?,15-,16-/m1/s1. The molecule has 1 unspecified atom stereocenters. The van der Waals surface area contributed by atoms with E-state index in [1.54, 1.807) is 6.33 Å². The van der Waals surface area contributed by atoms with E-state index in [-0.39, 0.29) is 18.1 Å². The second-order valence-corrected chi connectivity index (χ2v) is 8.02. The van der Waals surface area contributed by atoms with E-state index in [1.165, 1.54) is 0 Å². The lowest BCUT2D eigenvalue weighted by Gasteiger charge is -2.27. The van der Waals surface area contributed by atoms with Gasteiger partial charge in [-0.05, 0) is 32.6 Å². The van der Waals surface area contributed by atoms with Crippen molar-refractivity contribution in [2.24, 2.45) is 0 Å². The first-order valence-corrected chi connectivity index (χ1v) is 10.0. The molecule has 1 fully saturated rings. The fourth-order valence-electron chi connectivity index (χ4n) is 3.81. The van der Waals surface area contributed by atoms with Crippen molar-refractivity contribution in [3.05, 3.63) is 42.5 Å². The van der Waals surface area contributed by atoms with E-state index in [0.29, 0.717) is 19.0 Å². The third-order valence-electron chi connectivity index (χ3n) is 5.24. The van der Waals surface area contributed by atoms with E-state index in [1.807, 2.05) is 44.4 Å². The molecule has 4 rings (SSSR count). The Morgan fingerprint density at radius 2 is 2.14 bits per heavy atom. The summed E-state index contributed by atoms with van der Waals surface area (Å²) in [5, 5.41) is 13.5. The van der Waals surface area contributed by atoms with Crippen LogP contribution in [0, 0.1) is 0 Å². The van der Waals surface area contributed by atoms with Gasteiger partial charge in [0.15, 0.2) is 11.5 Å². The van der Waals surface area contributed by atoms with Crippen molar-refractivity contribution in [3.8, 4) is 0 Å². The number of oxazole rings is 1. The highest BCUT2D eigenvalue weighted by atomic mass is 16.3. The van der Waals surface area contributed by atoms with Gasteiger partial charge in [-0.3, -0.25) is 0 Å². The Balaban J connectivity index is 1.43. The number of aliphatic hydroxyl groups excluding tert-OH is 1. The lowest BCUT2D eigenvalue weighted by Crippen LogP contribution is -2.38. The Morgan fingerprint density at radius 1 is 1.31 bits per heavy atom. The summed E-state index contributed by atoms with van der Waals surface area (Å²) >= 11 is 0. The number of rotatable bonds is 7. The fraction of sp³-hybridized carbons (Fsp3) is 0.476. The number of aromatic nitrogens is 3. The Morgan fingerprint density at radius 3 is 2.93 bits per heavy atom. The van der Waals surface area contributed by atoms with Crippen LogP contribution in [0.25, 0.3) is 11.1 Å². The summed E-state index contributed by atoms with van der Waals surface area (Å²) in [7, 11) is 4.09. The van der Waals surface area contributed by atoms with Crippen LogP contribution in [0.5, 0.6) is 0 Å². The number of nitrogens with one attached hydrogen (secondary N) is 1. The SMILES string of the molecule is CC(CNc1cc(N2C[C@H](O)C[C@@H]2CN(C)C)ncn1)c1nc2ccccc2o1. The lowest BCUT2D eigenvalue weighted by atomic mass is 10.2. The molecule has 1 aliphatic heterocycles. The summed E-state index contributed by atoms with van der Waals surface area (Å²) in [4.78, 5) is 17.7. The molecule has 3 aromatic rings. The Bertz CT molecular complexity index is 926. The van der Waals surface area contributed by atoms with Gasteiger partial charge in [-0.2, -0.15) is 0 Å². The number of hydrogen-bond donors (Lipinski definition) is 2. The number of anilines is 2.